The van der Waals surface area contributed by atoms with Crippen LogP contribution in [0.25, 0.3) is 0 Å². The highest BCUT2D eigenvalue weighted by Crippen LogP contribution is 2.28. The topological polar surface area (TPSA) is 105 Å². The first-order valence-corrected chi connectivity index (χ1v) is 8.58. The van der Waals surface area contributed by atoms with E-state index in [4.69, 9.17) is 17.3 Å². The van der Waals surface area contributed by atoms with Crippen molar-refractivity contribution in [3.63, 3.8) is 0 Å². The number of nitrogen functional groups attached to an aromatic ring is 1. The third-order valence-electron chi connectivity index (χ3n) is 3.93. The number of nitrogens with two attached hydrogens (primary N) is 1. The molecule has 1 heterocycles. The summed E-state index contributed by atoms with van der Waals surface area (Å²) in [5, 5.41) is 3.79. The molecule has 8 heteroatoms. The first-order valence-electron chi connectivity index (χ1n) is 8.20. The van der Waals surface area contributed by atoms with Crippen molar-refractivity contribution >= 4 is 40.5 Å². The van der Waals surface area contributed by atoms with Gasteiger partial charge in [-0.2, -0.15) is 0 Å². The molecule has 0 radical (unpaired) electrons. The second-order valence-electron chi connectivity index (χ2n) is 6.01. The highest BCUT2D eigenvalue weighted by atomic mass is 35.5. The van der Waals surface area contributed by atoms with Crippen LogP contribution in [0.15, 0.2) is 48.8 Å². The van der Waals surface area contributed by atoms with Crippen LogP contribution in [0.1, 0.15) is 21.5 Å². The molecule has 0 saturated carbocycles. The minimum Gasteiger partial charge on any atom is -0.393 e. The van der Waals surface area contributed by atoms with Crippen molar-refractivity contribution in [2.24, 2.45) is 0 Å². The van der Waals surface area contributed by atoms with Gasteiger partial charge in [-0.15, -0.1) is 0 Å². The number of hydrogen-bond acceptors (Lipinski definition) is 6. The summed E-state index contributed by atoms with van der Waals surface area (Å²) in [6.07, 6.45) is 1.35. The van der Waals surface area contributed by atoms with Gasteiger partial charge in [0.1, 0.15) is 12.0 Å². The van der Waals surface area contributed by atoms with E-state index >= 15 is 0 Å². The largest absolute Gasteiger partial charge is 0.393 e. The fourth-order valence-corrected chi connectivity index (χ4v) is 2.61. The van der Waals surface area contributed by atoms with Crippen LogP contribution in [-0.4, -0.2) is 15.9 Å². The molecule has 1 aromatic heterocycles. The smallest absolute Gasteiger partial charge is 0.269 e. The van der Waals surface area contributed by atoms with E-state index < -0.39 is 0 Å². The van der Waals surface area contributed by atoms with Gasteiger partial charge < -0.3 is 11.1 Å². The lowest BCUT2D eigenvalue weighted by atomic mass is 10.1. The summed E-state index contributed by atoms with van der Waals surface area (Å²) in [4.78, 5) is 20.4. The Morgan fingerprint density at radius 3 is 2.44 bits per heavy atom. The SMILES string of the molecule is Cc1ccc(C(=O)NNc2ncnc(Nc3ccc(Cl)cc3C)c2N)cc1. The van der Waals surface area contributed by atoms with Gasteiger partial charge in [0.15, 0.2) is 11.6 Å². The molecule has 0 fully saturated rings. The van der Waals surface area contributed by atoms with Crippen LogP contribution in [0, 0.1) is 13.8 Å². The van der Waals surface area contributed by atoms with E-state index in [0.29, 0.717) is 22.2 Å². The van der Waals surface area contributed by atoms with Gasteiger partial charge in [0, 0.05) is 16.3 Å². The summed E-state index contributed by atoms with van der Waals surface area (Å²) < 4.78 is 0. The zero-order valence-corrected chi connectivity index (χ0v) is 15.6. The molecule has 0 aliphatic heterocycles. The molecule has 1 amide bonds. The molecule has 0 atom stereocenters. The summed E-state index contributed by atoms with van der Waals surface area (Å²) in [5.41, 5.74) is 15.1. The van der Waals surface area contributed by atoms with Crippen LogP contribution < -0.4 is 21.9 Å². The molecule has 5 N–H and O–H groups in total. The standard InChI is InChI=1S/C19H19ClN6O/c1-11-3-5-13(6-4-11)19(27)26-25-18-16(21)17(22-10-23-18)24-15-8-7-14(20)9-12(15)2/h3-10H,21H2,1-2H3,(H,26,27)(H2,22,23,24,25). The number of amides is 1. The second kappa shape index (κ2) is 7.92. The molecular formula is C19H19ClN6O. The van der Waals surface area contributed by atoms with Gasteiger partial charge in [-0.25, -0.2) is 9.97 Å². The number of rotatable bonds is 5. The third-order valence-corrected chi connectivity index (χ3v) is 4.17. The zero-order chi connectivity index (χ0) is 19.4. The minimum atomic E-state index is -0.295. The molecule has 27 heavy (non-hydrogen) atoms. The van der Waals surface area contributed by atoms with Crippen molar-refractivity contribution in [1.29, 1.82) is 0 Å². The van der Waals surface area contributed by atoms with Crippen LogP contribution in [0.5, 0.6) is 0 Å². The van der Waals surface area contributed by atoms with Gasteiger partial charge in [-0.3, -0.25) is 15.6 Å². The molecule has 2 aromatic carbocycles. The number of anilines is 4. The summed E-state index contributed by atoms with van der Waals surface area (Å²) in [7, 11) is 0. The van der Waals surface area contributed by atoms with E-state index in [1.54, 1.807) is 18.2 Å². The predicted molar refractivity (Wildman–Crippen MR) is 108 cm³/mol. The fourth-order valence-electron chi connectivity index (χ4n) is 2.38. The minimum absolute atomic E-state index is 0.274. The number of hydrazine groups is 1. The number of nitrogens with one attached hydrogen (secondary N) is 3. The molecule has 0 aliphatic rings. The average Bonchev–Trinajstić information content (AvgIpc) is 2.65. The Bertz CT molecular complexity index is 974. The fraction of sp³-hybridized carbons (Fsp3) is 0.105. The van der Waals surface area contributed by atoms with Crippen molar-refractivity contribution in [1.82, 2.24) is 15.4 Å². The normalized spacial score (nSPS) is 10.3. The monoisotopic (exact) mass is 382 g/mol. The maximum Gasteiger partial charge on any atom is 0.269 e. The van der Waals surface area contributed by atoms with E-state index in [-0.39, 0.29) is 11.6 Å². The van der Waals surface area contributed by atoms with Crippen molar-refractivity contribution in [3.05, 3.63) is 70.5 Å². The maximum absolute atomic E-state index is 12.2. The molecule has 0 bridgehead atoms. The summed E-state index contributed by atoms with van der Waals surface area (Å²) >= 11 is 5.98. The summed E-state index contributed by atoms with van der Waals surface area (Å²) in [6, 6.07) is 12.7. The van der Waals surface area contributed by atoms with Gasteiger partial charge in [0.2, 0.25) is 0 Å². The lowest BCUT2D eigenvalue weighted by Gasteiger charge is -2.14. The molecule has 0 unspecified atom stereocenters. The lowest BCUT2D eigenvalue weighted by Crippen LogP contribution is -2.30. The Labute approximate surface area is 162 Å². The molecule has 0 aliphatic carbocycles. The number of nitrogens with zero attached hydrogens (tertiary/aromatic N) is 2. The molecule has 3 rings (SSSR count). The Morgan fingerprint density at radius 2 is 1.74 bits per heavy atom. The zero-order valence-electron chi connectivity index (χ0n) is 14.9. The van der Waals surface area contributed by atoms with E-state index in [0.717, 1.165) is 16.8 Å². The highest BCUT2D eigenvalue weighted by Gasteiger charge is 2.11. The van der Waals surface area contributed by atoms with Crippen LogP contribution in [0.4, 0.5) is 23.0 Å². The van der Waals surface area contributed by atoms with Gasteiger partial charge in [-0.05, 0) is 49.7 Å². The Kier molecular flexibility index (Phi) is 5.42. The number of carbonyl (C=O) groups excluding carboxylic acids is 1. The summed E-state index contributed by atoms with van der Waals surface area (Å²) in [6.45, 7) is 3.88. The van der Waals surface area contributed by atoms with E-state index in [2.05, 4.69) is 26.1 Å². The predicted octanol–water partition coefficient (Wildman–Crippen LogP) is 3.83. The lowest BCUT2D eigenvalue weighted by molar-refractivity contribution is 0.0962. The number of aryl methyl sites for hydroxylation is 2. The summed E-state index contributed by atoms with van der Waals surface area (Å²) in [5.74, 6) is 0.415. The molecular weight excluding hydrogens is 364 g/mol. The Hall–Kier alpha value is -3.32. The third kappa shape index (κ3) is 4.45. The molecule has 0 saturated heterocycles. The number of benzene rings is 2. The molecule has 0 spiro atoms. The first kappa shape index (κ1) is 18.5. The van der Waals surface area contributed by atoms with E-state index in [9.17, 15) is 4.79 Å². The second-order valence-corrected chi connectivity index (χ2v) is 6.45. The first-order chi connectivity index (χ1) is 12.9. The quantitative estimate of drug-likeness (QED) is 0.500. The van der Waals surface area contributed by atoms with Crippen LogP contribution in [0.3, 0.4) is 0 Å². The van der Waals surface area contributed by atoms with Gasteiger partial charge in [-0.1, -0.05) is 29.3 Å². The highest BCUT2D eigenvalue weighted by molar-refractivity contribution is 6.30. The average molecular weight is 383 g/mol. The number of aromatic nitrogens is 2. The maximum atomic E-state index is 12.2. The number of carbonyl (C=O) groups is 1. The van der Waals surface area contributed by atoms with Gasteiger partial charge in [0.05, 0.1) is 0 Å². The van der Waals surface area contributed by atoms with Gasteiger partial charge in [0.25, 0.3) is 5.91 Å². The Balaban J connectivity index is 1.72. The van der Waals surface area contributed by atoms with E-state index in [1.807, 2.05) is 38.1 Å². The molecule has 7 nitrogen and oxygen atoms in total. The van der Waals surface area contributed by atoms with Crippen LogP contribution in [-0.2, 0) is 0 Å². The number of hydrogen-bond donors (Lipinski definition) is 4. The molecule has 3 aromatic rings. The Morgan fingerprint density at radius 1 is 1.04 bits per heavy atom. The van der Waals surface area contributed by atoms with Crippen molar-refractivity contribution < 1.29 is 4.79 Å². The van der Waals surface area contributed by atoms with Crippen LogP contribution >= 0.6 is 11.6 Å². The van der Waals surface area contributed by atoms with E-state index in [1.165, 1.54) is 6.33 Å². The number of halogens is 1. The van der Waals surface area contributed by atoms with Crippen molar-refractivity contribution in [2.45, 2.75) is 13.8 Å². The van der Waals surface area contributed by atoms with Crippen molar-refractivity contribution in [3.8, 4) is 0 Å². The van der Waals surface area contributed by atoms with Crippen LogP contribution in [0.2, 0.25) is 5.02 Å². The van der Waals surface area contributed by atoms with Gasteiger partial charge >= 0.3 is 0 Å². The molecule has 138 valence electrons. The van der Waals surface area contributed by atoms with Crippen molar-refractivity contribution in [2.75, 3.05) is 16.5 Å².